The van der Waals surface area contributed by atoms with Crippen LogP contribution >= 0.6 is 11.3 Å². The van der Waals surface area contributed by atoms with Gasteiger partial charge in [-0.25, -0.2) is 0 Å². The van der Waals surface area contributed by atoms with Crippen LogP contribution < -0.4 is 4.90 Å². The fourth-order valence-corrected chi connectivity index (χ4v) is 9.67. The van der Waals surface area contributed by atoms with Crippen molar-refractivity contribution >= 4 is 80.9 Å². The zero-order chi connectivity index (χ0) is 37.0. The van der Waals surface area contributed by atoms with Gasteiger partial charge in [-0.3, -0.25) is 0 Å². The van der Waals surface area contributed by atoms with E-state index in [1.165, 1.54) is 85.9 Å². The minimum absolute atomic E-state index is 1.11. The highest BCUT2D eigenvalue weighted by atomic mass is 32.1. The van der Waals surface area contributed by atoms with E-state index in [0.717, 1.165) is 17.1 Å². The molecular formula is C54H35NS. The van der Waals surface area contributed by atoms with Crippen LogP contribution in [0, 0.1) is 0 Å². The van der Waals surface area contributed by atoms with Gasteiger partial charge in [-0.05, 0) is 120 Å². The average Bonchev–Trinajstić information content (AvgIpc) is 3.66. The van der Waals surface area contributed by atoms with Crippen LogP contribution in [0.25, 0.3) is 85.9 Å². The second-order valence-electron chi connectivity index (χ2n) is 14.5. The zero-order valence-electron chi connectivity index (χ0n) is 30.6. The third-order valence-corrected chi connectivity index (χ3v) is 12.4. The molecular weight excluding hydrogens is 695 g/mol. The monoisotopic (exact) mass is 729 g/mol. The fraction of sp³-hybridized carbons (Fsp3) is 0. The smallest absolute Gasteiger partial charge is 0.0467 e. The van der Waals surface area contributed by atoms with Crippen molar-refractivity contribution in [2.75, 3.05) is 4.90 Å². The Labute approximate surface area is 330 Å². The van der Waals surface area contributed by atoms with Crippen molar-refractivity contribution in [3.8, 4) is 33.4 Å². The molecule has 0 radical (unpaired) electrons. The summed E-state index contributed by atoms with van der Waals surface area (Å²) in [7, 11) is 0. The quantitative estimate of drug-likeness (QED) is 0.154. The zero-order valence-corrected chi connectivity index (χ0v) is 31.4. The Morgan fingerprint density at radius 1 is 0.286 bits per heavy atom. The van der Waals surface area contributed by atoms with Crippen LogP contribution in [0.2, 0.25) is 0 Å². The molecule has 11 rings (SSSR count). The predicted octanol–water partition coefficient (Wildman–Crippen LogP) is 16.0. The molecule has 0 amide bonds. The Hall–Kier alpha value is -7.00. The van der Waals surface area contributed by atoms with E-state index in [1.807, 2.05) is 11.3 Å². The Balaban J connectivity index is 1.02. The van der Waals surface area contributed by atoms with E-state index < -0.39 is 0 Å². The number of nitrogens with zero attached hydrogens (tertiary/aromatic N) is 1. The molecule has 11 aromatic rings. The summed E-state index contributed by atoms with van der Waals surface area (Å²) in [4.78, 5) is 2.38. The van der Waals surface area contributed by atoms with Crippen LogP contribution in [0.15, 0.2) is 212 Å². The van der Waals surface area contributed by atoms with Gasteiger partial charge in [0.2, 0.25) is 0 Å². The van der Waals surface area contributed by atoms with Crippen molar-refractivity contribution in [1.82, 2.24) is 0 Å². The van der Waals surface area contributed by atoms with Gasteiger partial charge < -0.3 is 4.90 Å². The third-order valence-electron chi connectivity index (χ3n) is 11.2. The Morgan fingerprint density at radius 3 is 1.68 bits per heavy atom. The highest BCUT2D eigenvalue weighted by Crippen LogP contribution is 2.43. The van der Waals surface area contributed by atoms with Gasteiger partial charge in [0.1, 0.15) is 0 Å². The molecule has 0 saturated carbocycles. The lowest BCUT2D eigenvalue weighted by atomic mass is 9.96. The Bertz CT molecular complexity index is 3240. The SMILES string of the molecule is c1cc(-c2cccc3ccccc23)cc(N(c2ccc(-c3ccc4c(ccc5ccccc54)c3)cc2)c2ccc(-c3cccc4sc5ccccc5c34)cc2)c1. The van der Waals surface area contributed by atoms with E-state index in [0.29, 0.717) is 0 Å². The average molecular weight is 730 g/mol. The molecule has 0 spiro atoms. The molecule has 0 bridgehead atoms. The van der Waals surface area contributed by atoms with E-state index >= 15 is 0 Å². The van der Waals surface area contributed by atoms with Crippen molar-refractivity contribution < 1.29 is 0 Å². The van der Waals surface area contributed by atoms with E-state index in [-0.39, 0.29) is 0 Å². The van der Waals surface area contributed by atoms with Crippen LogP contribution in [0.5, 0.6) is 0 Å². The molecule has 1 nitrogen and oxygen atoms in total. The van der Waals surface area contributed by atoms with E-state index in [9.17, 15) is 0 Å². The highest BCUT2D eigenvalue weighted by molar-refractivity contribution is 7.25. The predicted molar refractivity (Wildman–Crippen MR) is 243 cm³/mol. The summed E-state index contributed by atoms with van der Waals surface area (Å²) in [5.74, 6) is 0. The van der Waals surface area contributed by atoms with Crippen LogP contribution in [0.4, 0.5) is 17.1 Å². The summed E-state index contributed by atoms with van der Waals surface area (Å²) in [5.41, 5.74) is 10.6. The summed E-state index contributed by atoms with van der Waals surface area (Å²) < 4.78 is 2.64. The first-order chi connectivity index (χ1) is 27.7. The number of rotatable bonds is 6. The third kappa shape index (κ3) is 5.54. The molecule has 56 heavy (non-hydrogen) atoms. The molecule has 262 valence electrons. The van der Waals surface area contributed by atoms with Gasteiger partial charge >= 0.3 is 0 Å². The fourth-order valence-electron chi connectivity index (χ4n) is 8.54. The molecule has 0 fully saturated rings. The van der Waals surface area contributed by atoms with Crippen LogP contribution in [-0.4, -0.2) is 0 Å². The molecule has 2 heteroatoms. The second-order valence-corrected chi connectivity index (χ2v) is 15.6. The number of hydrogen-bond acceptors (Lipinski definition) is 2. The molecule has 0 aliphatic rings. The van der Waals surface area contributed by atoms with Crippen LogP contribution in [0.1, 0.15) is 0 Å². The molecule has 0 aliphatic heterocycles. The molecule has 0 saturated heterocycles. The van der Waals surface area contributed by atoms with Crippen molar-refractivity contribution in [3.05, 3.63) is 212 Å². The molecule has 0 atom stereocenters. The first-order valence-electron chi connectivity index (χ1n) is 19.2. The first kappa shape index (κ1) is 32.4. The normalized spacial score (nSPS) is 11.6. The van der Waals surface area contributed by atoms with Crippen LogP contribution in [-0.2, 0) is 0 Å². The van der Waals surface area contributed by atoms with E-state index in [4.69, 9.17) is 0 Å². The molecule has 0 aliphatic carbocycles. The summed E-state index contributed by atoms with van der Waals surface area (Å²) in [6.45, 7) is 0. The van der Waals surface area contributed by atoms with Crippen LogP contribution in [0.3, 0.4) is 0 Å². The standard InChI is InChI=1S/C54H35NS/c1-3-15-46-37(10-1)12-8-18-48(46)41-13-7-14-45(35-41)55(44-31-26-39(27-32-44)50-19-9-21-53-54(50)51-17-5-6-20-52(51)56-53)43-29-24-36(25-30-43)40-28-33-49-42(34-40)23-22-38-11-2-4-16-47(38)49/h1-35H. The van der Waals surface area contributed by atoms with Gasteiger partial charge in [-0.15, -0.1) is 11.3 Å². The molecule has 0 unspecified atom stereocenters. The molecule has 1 aromatic heterocycles. The lowest BCUT2D eigenvalue weighted by molar-refractivity contribution is 1.28. The number of benzene rings is 10. The van der Waals surface area contributed by atoms with E-state index in [1.54, 1.807) is 0 Å². The van der Waals surface area contributed by atoms with Gasteiger partial charge in [-0.1, -0.05) is 158 Å². The lowest BCUT2D eigenvalue weighted by Crippen LogP contribution is -2.10. The Morgan fingerprint density at radius 2 is 0.857 bits per heavy atom. The van der Waals surface area contributed by atoms with Gasteiger partial charge in [0.25, 0.3) is 0 Å². The van der Waals surface area contributed by atoms with E-state index in [2.05, 4.69) is 217 Å². The topological polar surface area (TPSA) is 3.24 Å². The molecule has 0 N–H and O–H groups in total. The van der Waals surface area contributed by atoms with Crippen molar-refractivity contribution in [3.63, 3.8) is 0 Å². The highest BCUT2D eigenvalue weighted by Gasteiger charge is 2.17. The number of hydrogen-bond donors (Lipinski definition) is 0. The minimum Gasteiger partial charge on any atom is -0.310 e. The van der Waals surface area contributed by atoms with Gasteiger partial charge in [0.05, 0.1) is 0 Å². The maximum atomic E-state index is 2.38. The van der Waals surface area contributed by atoms with Gasteiger partial charge in [-0.2, -0.15) is 0 Å². The summed E-state index contributed by atoms with van der Waals surface area (Å²) in [6, 6.07) is 77.7. The van der Waals surface area contributed by atoms with Crippen molar-refractivity contribution in [1.29, 1.82) is 0 Å². The van der Waals surface area contributed by atoms with Gasteiger partial charge in [0.15, 0.2) is 0 Å². The first-order valence-corrected chi connectivity index (χ1v) is 20.0. The summed E-state index contributed by atoms with van der Waals surface area (Å²) in [5, 5.41) is 10.2. The summed E-state index contributed by atoms with van der Waals surface area (Å²) >= 11 is 1.87. The largest absolute Gasteiger partial charge is 0.310 e. The molecule has 1 heterocycles. The number of fused-ring (bicyclic) bond motifs is 7. The minimum atomic E-state index is 1.11. The molecule has 10 aromatic carbocycles. The van der Waals surface area contributed by atoms with Crippen molar-refractivity contribution in [2.45, 2.75) is 0 Å². The lowest BCUT2D eigenvalue weighted by Gasteiger charge is -2.26. The number of thiophene rings is 1. The van der Waals surface area contributed by atoms with Gasteiger partial charge in [0, 0.05) is 37.2 Å². The maximum absolute atomic E-state index is 2.38. The second kappa shape index (κ2) is 13.4. The Kier molecular flexibility index (Phi) is 7.75. The van der Waals surface area contributed by atoms with Crippen molar-refractivity contribution in [2.24, 2.45) is 0 Å². The summed E-state index contributed by atoms with van der Waals surface area (Å²) in [6.07, 6.45) is 0. The maximum Gasteiger partial charge on any atom is 0.0467 e. The number of anilines is 3.